The molecule has 3 heteroatoms. The van der Waals surface area contributed by atoms with Crippen molar-refractivity contribution in [2.24, 2.45) is 5.41 Å². The van der Waals surface area contributed by atoms with Crippen LogP contribution in [0, 0.1) is 5.41 Å². The fourth-order valence-electron chi connectivity index (χ4n) is 2.60. The van der Waals surface area contributed by atoms with E-state index in [2.05, 4.69) is 37.1 Å². The molecule has 3 unspecified atom stereocenters. The molecule has 0 spiro atoms. The Hall–Kier alpha value is -0.930. The predicted octanol–water partition coefficient (Wildman–Crippen LogP) is 2.55. The van der Waals surface area contributed by atoms with E-state index in [-0.39, 0.29) is 5.41 Å². The lowest BCUT2D eigenvalue weighted by Crippen LogP contribution is -2.60. The van der Waals surface area contributed by atoms with E-state index in [1.807, 2.05) is 18.5 Å². The quantitative estimate of drug-likeness (QED) is 0.869. The van der Waals surface area contributed by atoms with Gasteiger partial charge in [0.05, 0.1) is 6.10 Å². The normalized spacial score (nSPS) is 28.5. The minimum Gasteiger partial charge on any atom is -0.381 e. The third-order valence-corrected chi connectivity index (χ3v) is 4.10. The fourth-order valence-corrected chi connectivity index (χ4v) is 2.60. The Morgan fingerprint density at radius 1 is 1.53 bits per heavy atom. The number of pyridine rings is 1. The molecule has 3 nitrogen and oxygen atoms in total. The summed E-state index contributed by atoms with van der Waals surface area (Å²) in [4.78, 5) is 4.16. The number of hydrogen-bond acceptors (Lipinski definition) is 3. The number of ether oxygens (including phenoxy) is 1. The van der Waals surface area contributed by atoms with Crippen LogP contribution < -0.4 is 5.32 Å². The SMILES string of the molecule is COC1CC(NC(C)c2cccnc2)C1(C)C. The van der Waals surface area contributed by atoms with Crippen molar-refractivity contribution in [1.29, 1.82) is 0 Å². The molecule has 0 aromatic carbocycles. The van der Waals surface area contributed by atoms with Crippen LogP contribution in [0.5, 0.6) is 0 Å². The van der Waals surface area contributed by atoms with Gasteiger partial charge in [-0.3, -0.25) is 4.98 Å². The number of nitrogens with one attached hydrogen (secondary N) is 1. The molecule has 0 bridgehead atoms. The Labute approximate surface area is 104 Å². The topological polar surface area (TPSA) is 34.1 Å². The average Bonchev–Trinajstić information content (AvgIpc) is 2.34. The summed E-state index contributed by atoms with van der Waals surface area (Å²) in [6.07, 6.45) is 5.21. The van der Waals surface area contributed by atoms with Gasteiger partial charge in [-0.05, 0) is 25.0 Å². The molecule has 1 aliphatic carbocycles. The Balaban J connectivity index is 1.95. The van der Waals surface area contributed by atoms with Crippen molar-refractivity contribution >= 4 is 0 Å². The Kier molecular flexibility index (Phi) is 3.50. The van der Waals surface area contributed by atoms with Crippen LogP contribution in [0.15, 0.2) is 24.5 Å². The van der Waals surface area contributed by atoms with E-state index >= 15 is 0 Å². The standard InChI is InChI=1S/C14H22N2O/c1-10(11-6-5-7-15-9-11)16-12-8-13(17-4)14(12,2)3/h5-7,9-10,12-13,16H,8H2,1-4H3. The van der Waals surface area contributed by atoms with Crippen LogP contribution in [0.1, 0.15) is 38.8 Å². The maximum absolute atomic E-state index is 5.47. The van der Waals surface area contributed by atoms with Crippen LogP contribution in [-0.2, 0) is 4.74 Å². The van der Waals surface area contributed by atoms with Gasteiger partial charge >= 0.3 is 0 Å². The molecule has 17 heavy (non-hydrogen) atoms. The van der Waals surface area contributed by atoms with Crippen LogP contribution in [-0.4, -0.2) is 24.2 Å². The van der Waals surface area contributed by atoms with Crippen LogP contribution in [0.3, 0.4) is 0 Å². The summed E-state index contributed by atoms with van der Waals surface area (Å²) in [6, 6.07) is 4.95. The Morgan fingerprint density at radius 2 is 2.29 bits per heavy atom. The van der Waals surface area contributed by atoms with E-state index in [4.69, 9.17) is 4.74 Å². The molecule has 0 saturated heterocycles. The van der Waals surface area contributed by atoms with Gasteiger partial charge < -0.3 is 10.1 Å². The molecule has 1 aromatic heterocycles. The molecule has 1 N–H and O–H groups in total. The van der Waals surface area contributed by atoms with E-state index in [0.717, 1.165) is 6.42 Å². The predicted molar refractivity (Wildman–Crippen MR) is 68.8 cm³/mol. The van der Waals surface area contributed by atoms with E-state index in [1.165, 1.54) is 5.56 Å². The summed E-state index contributed by atoms with van der Waals surface area (Å²) in [5.74, 6) is 0. The summed E-state index contributed by atoms with van der Waals surface area (Å²) in [6.45, 7) is 6.71. The second-order valence-electron chi connectivity index (χ2n) is 5.51. The van der Waals surface area contributed by atoms with Crippen molar-refractivity contribution in [2.75, 3.05) is 7.11 Å². The number of methoxy groups -OCH3 is 1. The first kappa shape index (κ1) is 12.5. The highest BCUT2D eigenvalue weighted by Crippen LogP contribution is 2.43. The molecule has 1 saturated carbocycles. The van der Waals surface area contributed by atoms with Crippen LogP contribution in [0.2, 0.25) is 0 Å². The minimum absolute atomic E-state index is 0.214. The maximum Gasteiger partial charge on any atom is 0.0652 e. The van der Waals surface area contributed by atoms with E-state index < -0.39 is 0 Å². The van der Waals surface area contributed by atoms with Crippen molar-refractivity contribution in [2.45, 2.75) is 45.4 Å². The van der Waals surface area contributed by atoms with Crippen LogP contribution in [0.4, 0.5) is 0 Å². The molecule has 0 radical (unpaired) electrons. The fraction of sp³-hybridized carbons (Fsp3) is 0.643. The van der Waals surface area contributed by atoms with Crippen molar-refractivity contribution in [3.8, 4) is 0 Å². The van der Waals surface area contributed by atoms with Crippen molar-refractivity contribution in [1.82, 2.24) is 10.3 Å². The second kappa shape index (κ2) is 4.75. The van der Waals surface area contributed by atoms with Crippen LogP contribution in [0.25, 0.3) is 0 Å². The summed E-state index contributed by atoms with van der Waals surface area (Å²) in [7, 11) is 1.80. The molecule has 1 fully saturated rings. The lowest BCUT2D eigenvalue weighted by molar-refractivity contribution is -0.0999. The highest BCUT2D eigenvalue weighted by Gasteiger charge is 2.48. The monoisotopic (exact) mass is 234 g/mol. The summed E-state index contributed by atoms with van der Waals surface area (Å²) in [5.41, 5.74) is 1.45. The lowest BCUT2D eigenvalue weighted by atomic mass is 9.64. The van der Waals surface area contributed by atoms with E-state index in [0.29, 0.717) is 18.2 Å². The van der Waals surface area contributed by atoms with Gasteiger partial charge in [0.1, 0.15) is 0 Å². The largest absolute Gasteiger partial charge is 0.381 e. The first-order valence-corrected chi connectivity index (χ1v) is 6.24. The second-order valence-corrected chi connectivity index (χ2v) is 5.51. The number of hydrogen-bond donors (Lipinski definition) is 1. The van der Waals surface area contributed by atoms with Crippen LogP contribution >= 0.6 is 0 Å². The first-order valence-electron chi connectivity index (χ1n) is 6.24. The third-order valence-electron chi connectivity index (χ3n) is 4.10. The molecule has 2 rings (SSSR count). The maximum atomic E-state index is 5.47. The van der Waals surface area contributed by atoms with E-state index in [9.17, 15) is 0 Å². The molecule has 1 aliphatic rings. The van der Waals surface area contributed by atoms with Gasteiger partial charge in [-0.25, -0.2) is 0 Å². The molecular weight excluding hydrogens is 212 g/mol. The molecule has 3 atom stereocenters. The minimum atomic E-state index is 0.214. The van der Waals surface area contributed by atoms with Gasteiger partial charge in [-0.15, -0.1) is 0 Å². The summed E-state index contributed by atoms with van der Waals surface area (Å²) < 4.78 is 5.47. The zero-order chi connectivity index (χ0) is 12.5. The summed E-state index contributed by atoms with van der Waals surface area (Å²) in [5, 5.41) is 3.67. The van der Waals surface area contributed by atoms with Crippen molar-refractivity contribution in [3.05, 3.63) is 30.1 Å². The van der Waals surface area contributed by atoms with Gasteiger partial charge in [-0.2, -0.15) is 0 Å². The first-order chi connectivity index (χ1) is 8.05. The zero-order valence-electron chi connectivity index (χ0n) is 11.1. The number of rotatable bonds is 4. The molecular formula is C14H22N2O. The highest BCUT2D eigenvalue weighted by molar-refractivity contribution is 5.14. The summed E-state index contributed by atoms with van der Waals surface area (Å²) >= 11 is 0. The molecule has 1 aromatic rings. The van der Waals surface area contributed by atoms with Crippen molar-refractivity contribution < 1.29 is 4.74 Å². The Bertz CT molecular complexity index is 364. The molecule has 0 amide bonds. The van der Waals surface area contributed by atoms with Gasteiger partial charge in [0.25, 0.3) is 0 Å². The highest BCUT2D eigenvalue weighted by atomic mass is 16.5. The lowest BCUT2D eigenvalue weighted by Gasteiger charge is -2.52. The van der Waals surface area contributed by atoms with E-state index in [1.54, 1.807) is 7.11 Å². The smallest absolute Gasteiger partial charge is 0.0652 e. The average molecular weight is 234 g/mol. The molecule has 0 aliphatic heterocycles. The zero-order valence-corrected chi connectivity index (χ0v) is 11.1. The number of aromatic nitrogens is 1. The molecule has 94 valence electrons. The number of nitrogens with zero attached hydrogens (tertiary/aromatic N) is 1. The van der Waals surface area contributed by atoms with Gasteiger partial charge in [0, 0.05) is 37.0 Å². The Morgan fingerprint density at radius 3 is 2.82 bits per heavy atom. The van der Waals surface area contributed by atoms with Crippen molar-refractivity contribution in [3.63, 3.8) is 0 Å². The van der Waals surface area contributed by atoms with Gasteiger partial charge in [0.15, 0.2) is 0 Å². The molecule has 1 heterocycles. The van der Waals surface area contributed by atoms with Gasteiger partial charge in [-0.1, -0.05) is 19.9 Å². The van der Waals surface area contributed by atoms with Gasteiger partial charge in [0.2, 0.25) is 0 Å². The third kappa shape index (κ3) is 2.35.